The molecule has 1 aliphatic rings. The van der Waals surface area contributed by atoms with Gasteiger partial charge in [0, 0.05) is 12.5 Å². The summed E-state index contributed by atoms with van der Waals surface area (Å²) < 4.78 is 2.02. The molecule has 0 saturated heterocycles. The number of carboxylic acids is 1. The van der Waals surface area contributed by atoms with Gasteiger partial charge in [-0.25, -0.2) is 0 Å². The highest BCUT2D eigenvalue weighted by Gasteiger charge is 2.40. The lowest BCUT2D eigenvalue weighted by molar-refractivity contribution is -0.142. The molecule has 0 amide bonds. The molecule has 3 atom stereocenters. The molecule has 0 bridgehead atoms. The van der Waals surface area contributed by atoms with Crippen molar-refractivity contribution in [1.82, 2.24) is 14.8 Å². The van der Waals surface area contributed by atoms with Gasteiger partial charge in [0.05, 0.1) is 5.92 Å². The second-order valence-electron chi connectivity index (χ2n) is 5.86. The molecule has 1 N–H and O–H groups in total. The summed E-state index contributed by atoms with van der Waals surface area (Å²) >= 11 is 0. The molecule has 1 aliphatic carbocycles. The summed E-state index contributed by atoms with van der Waals surface area (Å²) in [4.78, 5) is 11.3. The number of nitrogens with zero attached hydrogens (tertiary/aromatic N) is 3. The molecule has 2 rings (SSSR count). The SMILES string of the molecule is CC(C)Cn1cnnc1C1CC(C)CC1C(=O)O. The topological polar surface area (TPSA) is 68.0 Å². The zero-order valence-corrected chi connectivity index (χ0v) is 11.2. The maximum atomic E-state index is 11.3. The summed E-state index contributed by atoms with van der Waals surface area (Å²) in [5.41, 5.74) is 0. The van der Waals surface area contributed by atoms with Gasteiger partial charge in [0.15, 0.2) is 0 Å². The lowest BCUT2D eigenvalue weighted by Gasteiger charge is -2.17. The van der Waals surface area contributed by atoms with E-state index < -0.39 is 5.97 Å². The van der Waals surface area contributed by atoms with Crippen LogP contribution in [0.25, 0.3) is 0 Å². The van der Waals surface area contributed by atoms with Gasteiger partial charge in [0.25, 0.3) is 0 Å². The zero-order valence-electron chi connectivity index (χ0n) is 11.2. The first-order valence-corrected chi connectivity index (χ1v) is 6.59. The van der Waals surface area contributed by atoms with E-state index in [0.29, 0.717) is 11.8 Å². The monoisotopic (exact) mass is 251 g/mol. The average molecular weight is 251 g/mol. The highest BCUT2D eigenvalue weighted by Crippen LogP contribution is 2.42. The lowest BCUT2D eigenvalue weighted by atomic mass is 9.95. The van der Waals surface area contributed by atoms with Crippen LogP contribution in [0.1, 0.15) is 45.4 Å². The molecule has 1 aromatic rings. The Morgan fingerprint density at radius 1 is 1.56 bits per heavy atom. The Kier molecular flexibility index (Phi) is 3.68. The van der Waals surface area contributed by atoms with Crippen LogP contribution in [0.5, 0.6) is 0 Å². The Bertz CT molecular complexity index is 428. The molecule has 1 fully saturated rings. The second kappa shape index (κ2) is 5.08. The van der Waals surface area contributed by atoms with Crippen LogP contribution in [-0.4, -0.2) is 25.8 Å². The van der Waals surface area contributed by atoms with E-state index in [-0.39, 0.29) is 11.8 Å². The van der Waals surface area contributed by atoms with Crippen LogP contribution in [0.2, 0.25) is 0 Å². The average Bonchev–Trinajstić information content (AvgIpc) is 2.83. The Morgan fingerprint density at radius 2 is 2.28 bits per heavy atom. The highest BCUT2D eigenvalue weighted by molar-refractivity contribution is 5.71. The van der Waals surface area contributed by atoms with Crippen molar-refractivity contribution in [3.05, 3.63) is 12.2 Å². The van der Waals surface area contributed by atoms with Crippen molar-refractivity contribution in [2.24, 2.45) is 17.8 Å². The molecule has 1 aromatic heterocycles. The van der Waals surface area contributed by atoms with Crippen LogP contribution < -0.4 is 0 Å². The van der Waals surface area contributed by atoms with Crippen molar-refractivity contribution in [2.75, 3.05) is 0 Å². The number of rotatable bonds is 4. The van der Waals surface area contributed by atoms with E-state index in [4.69, 9.17) is 0 Å². The minimum atomic E-state index is -0.705. The fourth-order valence-corrected chi connectivity index (χ4v) is 2.94. The fraction of sp³-hybridized carbons (Fsp3) is 0.769. The van der Waals surface area contributed by atoms with Crippen molar-refractivity contribution >= 4 is 5.97 Å². The summed E-state index contributed by atoms with van der Waals surface area (Å²) in [7, 11) is 0. The van der Waals surface area contributed by atoms with Gasteiger partial charge in [-0.15, -0.1) is 10.2 Å². The number of aliphatic carboxylic acids is 1. The first-order chi connectivity index (χ1) is 8.49. The van der Waals surface area contributed by atoms with Crippen LogP contribution in [0.15, 0.2) is 6.33 Å². The quantitative estimate of drug-likeness (QED) is 0.890. The molecule has 5 heteroatoms. The maximum absolute atomic E-state index is 11.3. The molecule has 1 saturated carbocycles. The van der Waals surface area contributed by atoms with Crippen LogP contribution in [0.4, 0.5) is 0 Å². The normalized spacial score (nSPS) is 27.9. The molecule has 1 heterocycles. The van der Waals surface area contributed by atoms with E-state index >= 15 is 0 Å². The molecule has 0 aliphatic heterocycles. The first kappa shape index (κ1) is 13.1. The molecule has 100 valence electrons. The molecule has 0 spiro atoms. The van der Waals surface area contributed by atoms with Gasteiger partial charge < -0.3 is 9.67 Å². The second-order valence-corrected chi connectivity index (χ2v) is 5.86. The van der Waals surface area contributed by atoms with Crippen LogP contribution in [-0.2, 0) is 11.3 Å². The van der Waals surface area contributed by atoms with Crippen molar-refractivity contribution in [1.29, 1.82) is 0 Å². The molecular formula is C13H21N3O2. The number of carboxylic acid groups (broad SMARTS) is 1. The summed E-state index contributed by atoms with van der Waals surface area (Å²) in [6, 6.07) is 0. The molecule has 0 aromatic carbocycles. The molecular weight excluding hydrogens is 230 g/mol. The Morgan fingerprint density at radius 3 is 2.89 bits per heavy atom. The summed E-state index contributed by atoms with van der Waals surface area (Å²) in [5, 5.41) is 17.4. The van der Waals surface area contributed by atoms with E-state index in [1.54, 1.807) is 6.33 Å². The fourth-order valence-electron chi connectivity index (χ4n) is 2.94. The number of hydrogen-bond acceptors (Lipinski definition) is 3. The Hall–Kier alpha value is -1.39. The predicted octanol–water partition coefficient (Wildman–Crippen LogP) is 2.15. The van der Waals surface area contributed by atoms with E-state index in [2.05, 4.69) is 31.0 Å². The van der Waals surface area contributed by atoms with Crippen LogP contribution >= 0.6 is 0 Å². The standard InChI is InChI=1S/C13H21N3O2/c1-8(2)6-16-7-14-15-12(16)10-4-9(3)5-11(10)13(17)18/h7-11H,4-6H2,1-3H3,(H,17,18). The smallest absolute Gasteiger partial charge is 0.307 e. The Labute approximate surface area is 107 Å². The van der Waals surface area contributed by atoms with E-state index in [0.717, 1.165) is 25.2 Å². The van der Waals surface area contributed by atoms with E-state index in [1.807, 2.05) is 4.57 Å². The third-order valence-corrected chi connectivity index (χ3v) is 3.65. The summed E-state index contributed by atoms with van der Waals surface area (Å²) in [6.45, 7) is 7.23. The summed E-state index contributed by atoms with van der Waals surface area (Å²) in [5.74, 6) is 0.792. The van der Waals surface area contributed by atoms with Crippen molar-refractivity contribution in [3.63, 3.8) is 0 Å². The molecule has 18 heavy (non-hydrogen) atoms. The van der Waals surface area contributed by atoms with Gasteiger partial charge in [-0.3, -0.25) is 4.79 Å². The highest BCUT2D eigenvalue weighted by atomic mass is 16.4. The lowest BCUT2D eigenvalue weighted by Crippen LogP contribution is -2.20. The van der Waals surface area contributed by atoms with Crippen LogP contribution in [0.3, 0.4) is 0 Å². The largest absolute Gasteiger partial charge is 0.481 e. The Balaban J connectivity index is 2.24. The number of aromatic nitrogens is 3. The summed E-state index contributed by atoms with van der Waals surface area (Å²) in [6.07, 6.45) is 3.36. The minimum absolute atomic E-state index is 0.0127. The molecule has 0 radical (unpaired) electrons. The van der Waals surface area contributed by atoms with E-state index in [1.165, 1.54) is 0 Å². The third kappa shape index (κ3) is 2.54. The van der Waals surface area contributed by atoms with Gasteiger partial charge in [-0.1, -0.05) is 20.8 Å². The molecule has 5 nitrogen and oxygen atoms in total. The number of carbonyl (C=O) groups is 1. The third-order valence-electron chi connectivity index (χ3n) is 3.65. The predicted molar refractivity (Wildman–Crippen MR) is 67.1 cm³/mol. The van der Waals surface area contributed by atoms with Crippen molar-refractivity contribution in [2.45, 2.75) is 46.1 Å². The van der Waals surface area contributed by atoms with Gasteiger partial charge in [0.1, 0.15) is 12.2 Å². The van der Waals surface area contributed by atoms with Crippen molar-refractivity contribution in [3.8, 4) is 0 Å². The maximum Gasteiger partial charge on any atom is 0.307 e. The van der Waals surface area contributed by atoms with E-state index in [9.17, 15) is 9.90 Å². The molecule has 3 unspecified atom stereocenters. The minimum Gasteiger partial charge on any atom is -0.481 e. The van der Waals surface area contributed by atoms with Crippen molar-refractivity contribution < 1.29 is 9.90 Å². The zero-order chi connectivity index (χ0) is 13.3. The van der Waals surface area contributed by atoms with Crippen LogP contribution in [0, 0.1) is 17.8 Å². The number of hydrogen-bond donors (Lipinski definition) is 1. The van der Waals surface area contributed by atoms with Gasteiger partial charge in [-0.05, 0) is 24.7 Å². The first-order valence-electron chi connectivity index (χ1n) is 6.59. The van der Waals surface area contributed by atoms with Gasteiger partial charge >= 0.3 is 5.97 Å². The van der Waals surface area contributed by atoms with Gasteiger partial charge in [-0.2, -0.15) is 0 Å². The van der Waals surface area contributed by atoms with Gasteiger partial charge in [0.2, 0.25) is 0 Å².